The number of amides is 1. The van der Waals surface area contributed by atoms with Gasteiger partial charge in [-0.2, -0.15) is 5.10 Å². The first-order valence-electron chi connectivity index (χ1n) is 8.44. The van der Waals surface area contributed by atoms with Gasteiger partial charge in [0.25, 0.3) is 5.91 Å². The van der Waals surface area contributed by atoms with E-state index >= 15 is 0 Å². The molecular formula is C21H22ClN3O. The van der Waals surface area contributed by atoms with E-state index in [-0.39, 0.29) is 5.69 Å². The van der Waals surface area contributed by atoms with Gasteiger partial charge in [0.2, 0.25) is 0 Å². The smallest absolute Gasteiger partial charge is 0.269 e. The lowest BCUT2D eigenvalue weighted by Crippen LogP contribution is -2.25. The molecule has 0 bridgehead atoms. The Labute approximate surface area is 158 Å². The van der Waals surface area contributed by atoms with Crippen LogP contribution in [0.2, 0.25) is 5.02 Å². The molecule has 26 heavy (non-hydrogen) atoms. The Morgan fingerprint density at radius 1 is 1.12 bits per heavy atom. The fraction of sp³-hybridized carbons (Fsp3) is 0.238. The van der Waals surface area contributed by atoms with Gasteiger partial charge in [-0.05, 0) is 37.1 Å². The minimum Gasteiger partial charge on any atom is -0.364 e. The number of halogens is 1. The van der Waals surface area contributed by atoms with Crippen molar-refractivity contribution < 1.29 is 4.79 Å². The molecule has 0 unspecified atom stereocenters. The van der Waals surface area contributed by atoms with E-state index in [2.05, 4.69) is 48.3 Å². The fourth-order valence-electron chi connectivity index (χ4n) is 3.25. The zero-order valence-electron chi connectivity index (χ0n) is 15.4. The van der Waals surface area contributed by atoms with Gasteiger partial charge in [0.15, 0.2) is 5.69 Å². The van der Waals surface area contributed by atoms with E-state index in [1.165, 1.54) is 5.56 Å². The van der Waals surface area contributed by atoms with Crippen LogP contribution in [-0.4, -0.2) is 16.1 Å². The summed E-state index contributed by atoms with van der Waals surface area (Å²) in [6.45, 7) is 8.13. The number of nitrogens with two attached hydrogens (primary N) is 1. The molecule has 0 aliphatic carbocycles. The summed E-state index contributed by atoms with van der Waals surface area (Å²) in [7, 11) is 0. The van der Waals surface area contributed by atoms with Crippen molar-refractivity contribution in [1.29, 1.82) is 0 Å². The van der Waals surface area contributed by atoms with E-state index in [4.69, 9.17) is 17.3 Å². The van der Waals surface area contributed by atoms with Crippen molar-refractivity contribution in [2.24, 2.45) is 5.73 Å². The highest BCUT2D eigenvalue weighted by Crippen LogP contribution is 2.39. The molecular weight excluding hydrogens is 346 g/mol. The summed E-state index contributed by atoms with van der Waals surface area (Å²) in [4.78, 5) is 12.0. The molecule has 2 aromatic carbocycles. The molecule has 0 fully saturated rings. The molecule has 5 heteroatoms. The summed E-state index contributed by atoms with van der Waals surface area (Å²) in [6.07, 6.45) is 0. The van der Waals surface area contributed by atoms with Gasteiger partial charge < -0.3 is 5.73 Å². The predicted molar refractivity (Wildman–Crippen MR) is 106 cm³/mol. The lowest BCUT2D eigenvalue weighted by Gasteiger charge is -2.27. The highest BCUT2D eigenvalue weighted by Gasteiger charge is 2.33. The van der Waals surface area contributed by atoms with E-state index in [0.717, 1.165) is 27.9 Å². The van der Waals surface area contributed by atoms with Gasteiger partial charge in [0, 0.05) is 21.6 Å². The number of carbonyl (C=O) groups is 1. The second-order valence-electron chi connectivity index (χ2n) is 7.14. The maximum atomic E-state index is 12.0. The van der Waals surface area contributed by atoms with Gasteiger partial charge in [-0.1, -0.05) is 61.3 Å². The quantitative estimate of drug-likeness (QED) is 0.697. The van der Waals surface area contributed by atoms with Crippen LogP contribution in [-0.2, 0) is 5.41 Å². The van der Waals surface area contributed by atoms with Crippen molar-refractivity contribution >= 4 is 17.5 Å². The Bertz CT molecular complexity index is 971. The fourth-order valence-corrected chi connectivity index (χ4v) is 3.37. The summed E-state index contributed by atoms with van der Waals surface area (Å²) in [6, 6.07) is 14.0. The number of rotatable bonds is 4. The standard InChI is InChI=1S/C21H22ClN3O/c1-12-5-8-15(9-6-12)21(3,4)17-18(24-25-19(17)20(23)26)14-7-10-16(22)13(2)11-14/h5-11H,1-4H3,(H2,23,26)(H,24,25). The number of hydrogen-bond donors (Lipinski definition) is 2. The molecule has 1 aromatic heterocycles. The average molecular weight is 368 g/mol. The predicted octanol–water partition coefficient (Wildman–Crippen LogP) is 4.77. The molecule has 0 spiro atoms. The summed E-state index contributed by atoms with van der Waals surface area (Å²) in [5, 5.41) is 7.93. The number of nitrogens with zero attached hydrogens (tertiary/aromatic N) is 1. The molecule has 134 valence electrons. The first-order chi connectivity index (χ1) is 12.2. The number of hydrogen-bond acceptors (Lipinski definition) is 2. The highest BCUT2D eigenvalue weighted by molar-refractivity contribution is 6.31. The van der Waals surface area contributed by atoms with Crippen LogP contribution in [0.25, 0.3) is 11.3 Å². The number of H-pyrrole nitrogens is 1. The number of primary amides is 1. The van der Waals surface area contributed by atoms with Gasteiger partial charge in [-0.3, -0.25) is 9.89 Å². The summed E-state index contributed by atoms with van der Waals surface area (Å²) in [5.74, 6) is -0.548. The van der Waals surface area contributed by atoms with Crippen LogP contribution < -0.4 is 5.73 Å². The van der Waals surface area contributed by atoms with E-state index in [0.29, 0.717) is 5.02 Å². The first-order valence-corrected chi connectivity index (χ1v) is 8.82. The average Bonchev–Trinajstić information content (AvgIpc) is 3.04. The molecule has 1 heterocycles. The van der Waals surface area contributed by atoms with E-state index < -0.39 is 11.3 Å². The second-order valence-corrected chi connectivity index (χ2v) is 7.55. The monoisotopic (exact) mass is 367 g/mol. The number of carbonyl (C=O) groups excluding carboxylic acids is 1. The molecule has 0 aliphatic heterocycles. The summed E-state index contributed by atoms with van der Waals surface area (Å²) in [5.41, 5.74) is 11.1. The van der Waals surface area contributed by atoms with Crippen molar-refractivity contribution in [2.45, 2.75) is 33.1 Å². The minimum absolute atomic E-state index is 0.262. The van der Waals surface area contributed by atoms with Crippen LogP contribution >= 0.6 is 11.6 Å². The third-order valence-electron chi connectivity index (χ3n) is 4.84. The van der Waals surface area contributed by atoms with Gasteiger partial charge in [-0.15, -0.1) is 0 Å². The zero-order valence-corrected chi connectivity index (χ0v) is 16.1. The maximum absolute atomic E-state index is 12.0. The molecule has 4 nitrogen and oxygen atoms in total. The topological polar surface area (TPSA) is 71.8 Å². The third-order valence-corrected chi connectivity index (χ3v) is 5.27. The first kappa shape index (κ1) is 18.2. The van der Waals surface area contributed by atoms with Crippen molar-refractivity contribution in [2.75, 3.05) is 0 Å². The maximum Gasteiger partial charge on any atom is 0.269 e. The van der Waals surface area contributed by atoms with Gasteiger partial charge >= 0.3 is 0 Å². The Balaban J connectivity index is 2.24. The molecule has 0 radical (unpaired) electrons. The van der Waals surface area contributed by atoms with Crippen LogP contribution in [0.5, 0.6) is 0 Å². The van der Waals surface area contributed by atoms with Crippen LogP contribution in [0.4, 0.5) is 0 Å². The van der Waals surface area contributed by atoms with Gasteiger partial charge in [0.1, 0.15) is 0 Å². The van der Waals surface area contributed by atoms with Crippen LogP contribution in [0.15, 0.2) is 42.5 Å². The third kappa shape index (κ3) is 3.13. The second kappa shape index (κ2) is 6.61. The molecule has 3 rings (SSSR count). The molecule has 3 aromatic rings. The van der Waals surface area contributed by atoms with Gasteiger partial charge in [0.05, 0.1) is 5.69 Å². The SMILES string of the molecule is Cc1ccc(C(C)(C)c2c(C(N)=O)n[nH]c2-c2ccc(Cl)c(C)c2)cc1. The summed E-state index contributed by atoms with van der Waals surface area (Å²) >= 11 is 6.16. The molecule has 0 atom stereocenters. The van der Waals surface area contributed by atoms with E-state index in [9.17, 15) is 4.79 Å². The number of aromatic amines is 1. The molecule has 0 saturated heterocycles. The summed E-state index contributed by atoms with van der Waals surface area (Å²) < 4.78 is 0. The van der Waals surface area contributed by atoms with Crippen LogP contribution in [0.3, 0.4) is 0 Å². The number of nitrogens with one attached hydrogen (secondary N) is 1. The van der Waals surface area contributed by atoms with Crippen LogP contribution in [0, 0.1) is 13.8 Å². The Kier molecular flexibility index (Phi) is 4.63. The van der Waals surface area contributed by atoms with Gasteiger partial charge in [-0.25, -0.2) is 0 Å². The Morgan fingerprint density at radius 3 is 2.35 bits per heavy atom. The number of benzene rings is 2. The molecule has 0 aliphatic rings. The largest absolute Gasteiger partial charge is 0.364 e. The normalized spacial score (nSPS) is 11.6. The highest BCUT2D eigenvalue weighted by atomic mass is 35.5. The lowest BCUT2D eigenvalue weighted by molar-refractivity contribution is 0.0993. The number of aromatic nitrogens is 2. The van der Waals surface area contributed by atoms with Crippen molar-refractivity contribution in [3.05, 3.63) is 75.4 Å². The van der Waals surface area contributed by atoms with Crippen molar-refractivity contribution in [3.63, 3.8) is 0 Å². The number of aryl methyl sites for hydroxylation is 2. The zero-order chi connectivity index (χ0) is 19.1. The Morgan fingerprint density at radius 2 is 1.77 bits per heavy atom. The minimum atomic E-state index is -0.548. The lowest BCUT2D eigenvalue weighted by atomic mass is 9.75. The van der Waals surface area contributed by atoms with E-state index in [1.54, 1.807) is 0 Å². The molecule has 1 amide bonds. The van der Waals surface area contributed by atoms with E-state index in [1.807, 2.05) is 32.0 Å². The van der Waals surface area contributed by atoms with Crippen LogP contribution in [0.1, 0.15) is 46.6 Å². The molecule has 3 N–H and O–H groups in total. The molecule has 0 saturated carbocycles. The van der Waals surface area contributed by atoms with Crippen molar-refractivity contribution in [3.8, 4) is 11.3 Å². The Hall–Kier alpha value is -2.59. The van der Waals surface area contributed by atoms with Crippen molar-refractivity contribution in [1.82, 2.24) is 10.2 Å².